The van der Waals surface area contributed by atoms with Gasteiger partial charge in [-0.05, 0) is 41.5 Å². The molecule has 1 fully saturated rings. The zero-order chi connectivity index (χ0) is 21.1. The van der Waals surface area contributed by atoms with Gasteiger partial charge in [0.2, 0.25) is 0 Å². The Morgan fingerprint density at radius 1 is 0.867 bits per heavy atom. The Labute approximate surface area is 192 Å². The number of piperazine rings is 1. The summed E-state index contributed by atoms with van der Waals surface area (Å²) in [6.45, 7) is 2.96. The van der Waals surface area contributed by atoms with Crippen molar-refractivity contribution in [1.29, 1.82) is 0 Å². The smallest absolute Gasteiger partial charge is 0.0916 e. The van der Waals surface area contributed by atoms with Crippen molar-refractivity contribution in [2.75, 3.05) is 31.1 Å². The molecule has 0 amide bonds. The van der Waals surface area contributed by atoms with Gasteiger partial charge in [0, 0.05) is 36.2 Å². The van der Waals surface area contributed by atoms with Crippen LogP contribution in [-0.2, 0) is 0 Å². The summed E-state index contributed by atoms with van der Waals surface area (Å²) in [5, 5.41) is 12.7. The first-order chi connectivity index (χ1) is 14.5. The van der Waals surface area contributed by atoms with E-state index >= 15 is 0 Å². The SMILES string of the molecule is O[C@@H](CN1CCN(c2ccc(Cl)cc2Cl)C(c2ccc(Cl)cc2)C1)c1ccccc1. The molecule has 3 nitrogen and oxygen atoms in total. The van der Waals surface area contributed by atoms with Crippen LogP contribution >= 0.6 is 34.8 Å². The third-order valence-electron chi connectivity index (χ3n) is 5.55. The summed E-state index contributed by atoms with van der Waals surface area (Å²) in [5.74, 6) is 0. The third-order valence-corrected chi connectivity index (χ3v) is 6.34. The molecule has 0 aliphatic carbocycles. The van der Waals surface area contributed by atoms with Gasteiger partial charge in [0.25, 0.3) is 0 Å². The topological polar surface area (TPSA) is 26.7 Å². The van der Waals surface area contributed by atoms with Crippen LogP contribution < -0.4 is 4.90 Å². The van der Waals surface area contributed by atoms with E-state index in [9.17, 15) is 5.11 Å². The van der Waals surface area contributed by atoms with Gasteiger partial charge in [0.1, 0.15) is 0 Å². The van der Waals surface area contributed by atoms with Crippen molar-refractivity contribution >= 4 is 40.5 Å². The van der Waals surface area contributed by atoms with E-state index in [1.54, 1.807) is 6.07 Å². The molecule has 6 heteroatoms. The first-order valence-corrected chi connectivity index (χ1v) is 11.1. The van der Waals surface area contributed by atoms with E-state index in [4.69, 9.17) is 34.8 Å². The highest BCUT2D eigenvalue weighted by atomic mass is 35.5. The van der Waals surface area contributed by atoms with Crippen LogP contribution in [-0.4, -0.2) is 36.2 Å². The molecule has 1 heterocycles. The number of hydrogen-bond acceptors (Lipinski definition) is 3. The minimum Gasteiger partial charge on any atom is -0.387 e. The number of nitrogens with zero attached hydrogens (tertiary/aromatic N) is 2. The van der Waals surface area contributed by atoms with Crippen molar-refractivity contribution in [2.24, 2.45) is 0 Å². The monoisotopic (exact) mass is 460 g/mol. The third kappa shape index (κ3) is 4.93. The van der Waals surface area contributed by atoms with E-state index in [-0.39, 0.29) is 6.04 Å². The summed E-state index contributed by atoms with van der Waals surface area (Å²) in [7, 11) is 0. The highest BCUT2D eigenvalue weighted by molar-refractivity contribution is 6.36. The fourth-order valence-corrected chi connectivity index (χ4v) is 4.65. The second-order valence-electron chi connectivity index (χ2n) is 7.54. The molecular weight excluding hydrogens is 439 g/mol. The summed E-state index contributed by atoms with van der Waals surface area (Å²) in [6, 6.07) is 23.4. The van der Waals surface area contributed by atoms with Gasteiger partial charge in [-0.1, -0.05) is 77.3 Å². The van der Waals surface area contributed by atoms with E-state index in [1.807, 2.05) is 54.6 Å². The molecular formula is C24H23Cl3N2O. The van der Waals surface area contributed by atoms with Gasteiger partial charge in [-0.3, -0.25) is 4.90 Å². The van der Waals surface area contributed by atoms with Crippen molar-refractivity contribution in [3.63, 3.8) is 0 Å². The van der Waals surface area contributed by atoms with Crippen LogP contribution in [0.2, 0.25) is 15.1 Å². The predicted octanol–water partition coefficient (Wildman–Crippen LogP) is 6.24. The standard InChI is InChI=1S/C24H23Cl3N2O/c25-19-8-6-17(7-9-19)23-15-28(16-24(30)18-4-2-1-3-5-18)12-13-29(23)22-11-10-20(26)14-21(22)27/h1-11,14,23-24,30H,12-13,15-16H2/t23?,24-/m0/s1. The van der Waals surface area contributed by atoms with Gasteiger partial charge in [-0.15, -0.1) is 0 Å². The minimum atomic E-state index is -0.525. The lowest BCUT2D eigenvalue weighted by Gasteiger charge is -2.44. The zero-order valence-electron chi connectivity index (χ0n) is 16.4. The maximum atomic E-state index is 10.7. The maximum absolute atomic E-state index is 10.7. The molecule has 1 aliphatic rings. The fourth-order valence-electron chi connectivity index (χ4n) is 4.00. The normalized spacial score (nSPS) is 18.4. The van der Waals surface area contributed by atoms with Crippen LogP contribution in [0.5, 0.6) is 0 Å². The molecule has 4 rings (SSSR count). The van der Waals surface area contributed by atoms with Crippen molar-refractivity contribution < 1.29 is 5.11 Å². The van der Waals surface area contributed by atoms with Gasteiger partial charge in [-0.2, -0.15) is 0 Å². The summed E-state index contributed by atoms with van der Waals surface area (Å²) in [5.41, 5.74) is 3.05. The predicted molar refractivity (Wildman–Crippen MR) is 126 cm³/mol. The summed E-state index contributed by atoms with van der Waals surface area (Å²) in [6.07, 6.45) is -0.525. The number of benzene rings is 3. The molecule has 1 saturated heterocycles. The molecule has 1 N–H and O–H groups in total. The van der Waals surface area contributed by atoms with E-state index in [0.717, 1.165) is 36.4 Å². The van der Waals surface area contributed by atoms with Gasteiger partial charge < -0.3 is 10.0 Å². The summed E-state index contributed by atoms with van der Waals surface area (Å²) < 4.78 is 0. The highest BCUT2D eigenvalue weighted by Gasteiger charge is 2.30. The lowest BCUT2D eigenvalue weighted by Crippen LogP contribution is -2.49. The number of anilines is 1. The highest BCUT2D eigenvalue weighted by Crippen LogP contribution is 2.37. The van der Waals surface area contributed by atoms with Gasteiger partial charge in [0.05, 0.1) is 22.9 Å². The van der Waals surface area contributed by atoms with Crippen LogP contribution in [0.1, 0.15) is 23.3 Å². The summed E-state index contributed by atoms with van der Waals surface area (Å²) >= 11 is 18.8. The van der Waals surface area contributed by atoms with Crippen LogP contribution in [0.4, 0.5) is 5.69 Å². The lowest BCUT2D eigenvalue weighted by molar-refractivity contribution is 0.100. The quantitative estimate of drug-likeness (QED) is 0.487. The molecule has 1 unspecified atom stereocenters. The number of hydrogen-bond donors (Lipinski definition) is 1. The van der Waals surface area contributed by atoms with Crippen LogP contribution in [0, 0.1) is 0 Å². The maximum Gasteiger partial charge on any atom is 0.0916 e. The molecule has 0 spiro atoms. The number of β-amino-alcohol motifs (C(OH)–C–C–N with tert-alkyl or cyclic N) is 1. The molecule has 3 aromatic rings. The Kier molecular flexibility index (Phi) is 6.87. The molecule has 0 radical (unpaired) electrons. The van der Waals surface area contributed by atoms with Crippen molar-refractivity contribution in [3.05, 3.63) is 99.0 Å². The summed E-state index contributed by atoms with van der Waals surface area (Å²) in [4.78, 5) is 4.62. The number of aliphatic hydroxyl groups excluding tert-OH is 1. The first kappa shape index (κ1) is 21.5. The fraction of sp³-hybridized carbons (Fsp3) is 0.250. The Balaban J connectivity index is 1.59. The Morgan fingerprint density at radius 2 is 1.57 bits per heavy atom. The molecule has 1 aliphatic heterocycles. The second-order valence-corrected chi connectivity index (χ2v) is 8.82. The average molecular weight is 462 g/mol. The minimum absolute atomic E-state index is 0.0812. The zero-order valence-corrected chi connectivity index (χ0v) is 18.7. The lowest BCUT2D eigenvalue weighted by atomic mass is 10.0. The Hall–Kier alpha value is -1.75. The molecule has 2 atom stereocenters. The molecule has 0 aromatic heterocycles. The van der Waals surface area contributed by atoms with Crippen molar-refractivity contribution in [1.82, 2.24) is 4.90 Å². The largest absolute Gasteiger partial charge is 0.387 e. The Bertz CT molecular complexity index is 982. The van der Waals surface area contributed by atoms with E-state index in [1.165, 1.54) is 0 Å². The molecule has 156 valence electrons. The second kappa shape index (κ2) is 9.59. The van der Waals surface area contributed by atoms with Gasteiger partial charge in [0.15, 0.2) is 0 Å². The Morgan fingerprint density at radius 3 is 2.27 bits per heavy atom. The molecule has 3 aromatic carbocycles. The number of rotatable bonds is 5. The average Bonchev–Trinajstić information content (AvgIpc) is 2.75. The van der Waals surface area contributed by atoms with E-state index in [0.29, 0.717) is 21.6 Å². The first-order valence-electron chi connectivity index (χ1n) is 9.94. The van der Waals surface area contributed by atoms with Gasteiger partial charge in [-0.25, -0.2) is 0 Å². The van der Waals surface area contributed by atoms with E-state index in [2.05, 4.69) is 21.9 Å². The van der Waals surface area contributed by atoms with Crippen molar-refractivity contribution in [3.8, 4) is 0 Å². The molecule has 0 saturated carbocycles. The molecule has 30 heavy (non-hydrogen) atoms. The number of aliphatic hydroxyl groups is 1. The number of halogens is 3. The van der Waals surface area contributed by atoms with Crippen LogP contribution in [0.15, 0.2) is 72.8 Å². The van der Waals surface area contributed by atoms with E-state index < -0.39 is 6.10 Å². The van der Waals surface area contributed by atoms with Crippen LogP contribution in [0.25, 0.3) is 0 Å². The van der Waals surface area contributed by atoms with Crippen LogP contribution in [0.3, 0.4) is 0 Å². The van der Waals surface area contributed by atoms with Crippen molar-refractivity contribution in [2.45, 2.75) is 12.1 Å². The molecule has 0 bridgehead atoms. The van der Waals surface area contributed by atoms with Gasteiger partial charge >= 0.3 is 0 Å².